The number of aromatic nitrogens is 5. The van der Waals surface area contributed by atoms with E-state index in [1.54, 1.807) is 20.8 Å². The molecule has 0 aromatic carbocycles. The molecule has 0 aliphatic heterocycles. The topological polar surface area (TPSA) is 111 Å². The standard InChI is InChI=1S/C11H13N5O3/c1-11(2,3)19-7(17)4-6-8-9(10(18)16-14-6)15-13-5-12-8/h5H,4H2,1-3H3,(H,16,18). The van der Waals surface area contributed by atoms with Crippen LogP contribution in [-0.4, -0.2) is 36.9 Å². The van der Waals surface area contributed by atoms with Crippen LogP contribution in [0.5, 0.6) is 0 Å². The van der Waals surface area contributed by atoms with E-state index in [0.29, 0.717) is 5.69 Å². The van der Waals surface area contributed by atoms with Gasteiger partial charge in [-0.05, 0) is 20.8 Å². The molecule has 2 aromatic rings. The molecule has 100 valence electrons. The number of carbonyl (C=O) groups is 1. The molecule has 0 amide bonds. The molecule has 0 radical (unpaired) electrons. The molecule has 2 heterocycles. The van der Waals surface area contributed by atoms with Gasteiger partial charge < -0.3 is 4.74 Å². The summed E-state index contributed by atoms with van der Waals surface area (Å²) in [4.78, 5) is 27.1. The van der Waals surface area contributed by atoms with Gasteiger partial charge in [-0.15, -0.1) is 10.2 Å². The molecule has 0 bridgehead atoms. The van der Waals surface area contributed by atoms with E-state index in [-0.39, 0.29) is 17.5 Å². The third kappa shape index (κ3) is 3.09. The number of hydrogen-bond acceptors (Lipinski definition) is 7. The van der Waals surface area contributed by atoms with Crippen LogP contribution in [-0.2, 0) is 16.0 Å². The summed E-state index contributed by atoms with van der Waals surface area (Å²) in [6.45, 7) is 5.31. The molecule has 0 fully saturated rings. The third-order valence-corrected chi connectivity index (χ3v) is 2.13. The van der Waals surface area contributed by atoms with Gasteiger partial charge in [0.1, 0.15) is 23.1 Å². The first-order valence-electron chi connectivity index (χ1n) is 5.63. The Morgan fingerprint density at radius 1 is 1.37 bits per heavy atom. The van der Waals surface area contributed by atoms with Crippen LogP contribution in [0.3, 0.4) is 0 Å². The lowest BCUT2D eigenvalue weighted by molar-refractivity contribution is -0.153. The zero-order chi connectivity index (χ0) is 14.0. The van der Waals surface area contributed by atoms with E-state index in [2.05, 4.69) is 25.4 Å². The molecule has 1 N–H and O–H groups in total. The molecule has 19 heavy (non-hydrogen) atoms. The molecule has 0 atom stereocenters. The molecule has 2 aromatic heterocycles. The highest BCUT2D eigenvalue weighted by atomic mass is 16.6. The molecule has 8 heteroatoms. The van der Waals surface area contributed by atoms with Crippen molar-refractivity contribution in [2.45, 2.75) is 32.8 Å². The Labute approximate surface area is 108 Å². The Bertz CT molecular complexity index is 674. The van der Waals surface area contributed by atoms with E-state index < -0.39 is 17.1 Å². The van der Waals surface area contributed by atoms with Gasteiger partial charge in [0, 0.05) is 0 Å². The summed E-state index contributed by atoms with van der Waals surface area (Å²) >= 11 is 0. The normalized spacial score (nSPS) is 11.5. The lowest BCUT2D eigenvalue weighted by atomic mass is 10.2. The van der Waals surface area contributed by atoms with Crippen molar-refractivity contribution in [3.8, 4) is 0 Å². The van der Waals surface area contributed by atoms with Crippen molar-refractivity contribution in [2.24, 2.45) is 0 Å². The van der Waals surface area contributed by atoms with Crippen LogP contribution in [0.1, 0.15) is 26.5 Å². The summed E-state index contributed by atoms with van der Waals surface area (Å²) in [6.07, 6.45) is 1.10. The minimum Gasteiger partial charge on any atom is -0.460 e. The highest BCUT2D eigenvalue weighted by Gasteiger charge is 2.19. The van der Waals surface area contributed by atoms with Crippen molar-refractivity contribution in [3.05, 3.63) is 22.4 Å². The summed E-state index contributed by atoms with van der Waals surface area (Å²) in [5.41, 5.74) is -0.467. The van der Waals surface area contributed by atoms with Crippen molar-refractivity contribution in [1.29, 1.82) is 0 Å². The monoisotopic (exact) mass is 263 g/mol. The van der Waals surface area contributed by atoms with Gasteiger partial charge in [-0.25, -0.2) is 10.1 Å². The number of nitrogens with one attached hydrogen (secondary N) is 1. The number of nitrogens with zero attached hydrogens (tertiary/aromatic N) is 4. The maximum absolute atomic E-state index is 11.7. The minimum atomic E-state index is -0.581. The van der Waals surface area contributed by atoms with Crippen LogP contribution in [0, 0.1) is 0 Å². The first kappa shape index (κ1) is 13.1. The van der Waals surface area contributed by atoms with Gasteiger partial charge in [0.05, 0.1) is 6.42 Å². The largest absolute Gasteiger partial charge is 0.460 e. The molecular formula is C11H13N5O3. The van der Waals surface area contributed by atoms with Gasteiger partial charge in [-0.1, -0.05) is 0 Å². The number of esters is 1. The highest BCUT2D eigenvalue weighted by Crippen LogP contribution is 2.11. The number of hydrogen-bond donors (Lipinski definition) is 1. The van der Waals surface area contributed by atoms with Gasteiger partial charge in [-0.2, -0.15) is 5.10 Å². The van der Waals surface area contributed by atoms with E-state index in [1.165, 1.54) is 6.33 Å². The molecule has 2 rings (SSSR count). The number of carbonyl (C=O) groups excluding carboxylic acids is 1. The number of H-pyrrole nitrogens is 1. The lowest BCUT2D eigenvalue weighted by Gasteiger charge is -2.19. The van der Waals surface area contributed by atoms with E-state index >= 15 is 0 Å². The summed E-state index contributed by atoms with van der Waals surface area (Å²) < 4.78 is 5.19. The smallest absolute Gasteiger partial charge is 0.312 e. The van der Waals surface area contributed by atoms with E-state index in [9.17, 15) is 9.59 Å². The molecule has 8 nitrogen and oxygen atoms in total. The van der Waals surface area contributed by atoms with Gasteiger partial charge >= 0.3 is 5.97 Å². The summed E-state index contributed by atoms with van der Waals surface area (Å²) in [6, 6.07) is 0. The van der Waals surface area contributed by atoms with Crippen LogP contribution >= 0.6 is 0 Å². The predicted molar refractivity (Wildman–Crippen MR) is 65.3 cm³/mol. The number of rotatable bonds is 2. The second-order valence-electron chi connectivity index (χ2n) is 4.92. The van der Waals surface area contributed by atoms with E-state index in [0.717, 1.165) is 0 Å². The third-order valence-electron chi connectivity index (χ3n) is 2.13. The van der Waals surface area contributed by atoms with Gasteiger partial charge in [0.15, 0.2) is 5.52 Å². The SMILES string of the molecule is CC(C)(C)OC(=O)Cc1n[nH]c(=O)c2nncnc12. The molecule has 0 aliphatic rings. The van der Waals surface area contributed by atoms with Crippen LogP contribution in [0.25, 0.3) is 11.0 Å². The Kier molecular flexibility index (Phi) is 3.24. The average molecular weight is 263 g/mol. The summed E-state index contributed by atoms with van der Waals surface area (Å²) in [7, 11) is 0. The molecule has 0 unspecified atom stereocenters. The molecule has 0 saturated carbocycles. The fraction of sp³-hybridized carbons (Fsp3) is 0.455. The Morgan fingerprint density at radius 2 is 2.11 bits per heavy atom. The van der Waals surface area contributed by atoms with Crippen molar-refractivity contribution >= 4 is 17.0 Å². The first-order valence-corrected chi connectivity index (χ1v) is 5.63. The second-order valence-corrected chi connectivity index (χ2v) is 4.92. The van der Waals surface area contributed by atoms with Crippen molar-refractivity contribution < 1.29 is 9.53 Å². The predicted octanol–water partition coefficient (Wildman–Crippen LogP) is -0.00770. The maximum atomic E-state index is 11.7. The quantitative estimate of drug-likeness (QED) is 0.758. The molecule has 0 aliphatic carbocycles. The van der Waals surface area contributed by atoms with Crippen LogP contribution in [0.2, 0.25) is 0 Å². The lowest BCUT2D eigenvalue weighted by Crippen LogP contribution is -2.26. The fourth-order valence-electron chi connectivity index (χ4n) is 1.50. The average Bonchev–Trinajstić information content (AvgIpc) is 2.31. The molecule has 0 spiro atoms. The van der Waals surface area contributed by atoms with Crippen molar-refractivity contribution in [1.82, 2.24) is 25.4 Å². The summed E-state index contributed by atoms with van der Waals surface area (Å²) in [5.74, 6) is -0.452. The Hall–Kier alpha value is -2.38. The Balaban J connectivity index is 2.34. The van der Waals surface area contributed by atoms with Crippen molar-refractivity contribution in [2.75, 3.05) is 0 Å². The number of aromatic amines is 1. The van der Waals surface area contributed by atoms with Gasteiger partial charge in [-0.3, -0.25) is 9.59 Å². The van der Waals surface area contributed by atoms with E-state index in [4.69, 9.17) is 4.74 Å². The number of ether oxygens (including phenoxy) is 1. The zero-order valence-electron chi connectivity index (χ0n) is 10.8. The zero-order valence-corrected chi connectivity index (χ0v) is 10.8. The maximum Gasteiger partial charge on any atom is 0.312 e. The molecule has 0 saturated heterocycles. The van der Waals surface area contributed by atoms with Crippen LogP contribution in [0.4, 0.5) is 0 Å². The number of fused-ring (bicyclic) bond motifs is 1. The van der Waals surface area contributed by atoms with Gasteiger partial charge in [0.2, 0.25) is 0 Å². The van der Waals surface area contributed by atoms with Gasteiger partial charge in [0.25, 0.3) is 5.56 Å². The van der Waals surface area contributed by atoms with Crippen molar-refractivity contribution in [3.63, 3.8) is 0 Å². The molecular weight excluding hydrogens is 250 g/mol. The highest BCUT2D eigenvalue weighted by molar-refractivity contribution is 5.80. The second kappa shape index (κ2) is 4.71. The Morgan fingerprint density at radius 3 is 2.79 bits per heavy atom. The summed E-state index contributed by atoms with van der Waals surface area (Å²) in [5, 5.41) is 13.3. The van der Waals surface area contributed by atoms with Crippen LogP contribution < -0.4 is 5.56 Å². The fourth-order valence-corrected chi connectivity index (χ4v) is 1.50. The minimum absolute atomic E-state index is 0.0519. The van der Waals surface area contributed by atoms with Crippen LogP contribution in [0.15, 0.2) is 11.1 Å². The van der Waals surface area contributed by atoms with E-state index in [1.807, 2.05) is 0 Å². The first-order chi connectivity index (χ1) is 8.87.